The molecule has 0 aliphatic carbocycles. The van der Waals surface area contributed by atoms with Crippen molar-refractivity contribution >= 4 is 34.6 Å². The second-order valence-corrected chi connectivity index (χ2v) is 5.97. The number of thiocarbonyl (C=S) groups is 1. The topological polar surface area (TPSA) is 114 Å². The molecule has 2 rings (SSSR count). The molecule has 0 fully saturated rings. The summed E-state index contributed by atoms with van der Waals surface area (Å²) in [7, 11) is 0. The molecule has 0 aliphatic rings. The third-order valence-electron chi connectivity index (χ3n) is 3.14. The number of carbonyl (C=O) groups is 1. The number of nitrogens with one attached hydrogen (secondary N) is 2. The highest BCUT2D eigenvalue weighted by atomic mass is 32.1. The van der Waals surface area contributed by atoms with Gasteiger partial charge in [-0.2, -0.15) is 0 Å². The Balaban J connectivity index is 2.03. The van der Waals surface area contributed by atoms with Crippen LogP contribution in [0.4, 0.5) is 11.4 Å². The molecule has 0 bridgehead atoms. The first kappa shape index (κ1) is 19.1. The SMILES string of the molecule is CC(C)Oc1cccc(C(=O)NC(=S)Nc2ccc([N+](=O)[O-])cc2O)c1. The van der Waals surface area contributed by atoms with Crippen molar-refractivity contribution in [3.05, 3.63) is 58.1 Å². The minimum atomic E-state index is -0.629. The van der Waals surface area contributed by atoms with Gasteiger partial charge in [-0.05, 0) is 50.3 Å². The van der Waals surface area contributed by atoms with E-state index in [1.807, 2.05) is 13.8 Å². The van der Waals surface area contributed by atoms with E-state index in [1.165, 1.54) is 12.1 Å². The van der Waals surface area contributed by atoms with Gasteiger partial charge in [-0.15, -0.1) is 0 Å². The molecule has 0 saturated heterocycles. The summed E-state index contributed by atoms with van der Waals surface area (Å²) in [5, 5.41) is 25.5. The van der Waals surface area contributed by atoms with Crippen LogP contribution in [0.5, 0.6) is 11.5 Å². The number of phenols is 1. The van der Waals surface area contributed by atoms with Crippen LogP contribution < -0.4 is 15.4 Å². The number of nitrogens with zero attached hydrogens (tertiary/aromatic N) is 1. The summed E-state index contributed by atoms with van der Waals surface area (Å²) in [6, 6.07) is 10.1. The molecule has 1 amide bonds. The minimum absolute atomic E-state index is 0.0267. The lowest BCUT2D eigenvalue weighted by molar-refractivity contribution is -0.384. The Labute approximate surface area is 154 Å². The number of hydrogen-bond donors (Lipinski definition) is 3. The number of aromatic hydroxyl groups is 1. The van der Waals surface area contributed by atoms with Crippen molar-refractivity contribution in [2.45, 2.75) is 20.0 Å². The zero-order valence-corrected chi connectivity index (χ0v) is 14.9. The average Bonchev–Trinajstić information content (AvgIpc) is 2.56. The van der Waals surface area contributed by atoms with Crippen molar-refractivity contribution in [2.75, 3.05) is 5.32 Å². The van der Waals surface area contributed by atoms with Gasteiger partial charge < -0.3 is 15.2 Å². The number of rotatable bonds is 5. The van der Waals surface area contributed by atoms with E-state index in [9.17, 15) is 20.0 Å². The third-order valence-corrected chi connectivity index (χ3v) is 3.34. The maximum Gasteiger partial charge on any atom is 0.273 e. The quantitative estimate of drug-likeness (QED) is 0.318. The Hall–Kier alpha value is -3.20. The lowest BCUT2D eigenvalue weighted by Gasteiger charge is -2.12. The summed E-state index contributed by atoms with van der Waals surface area (Å²) in [5.41, 5.74) is 0.225. The second kappa shape index (κ2) is 8.26. The number of nitro groups is 1. The van der Waals surface area contributed by atoms with Crippen molar-refractivity contribution in [2.24, 2.45) is 0 Å². The van der Waals surface area contributed by atoms with Crippen LogP contribution in [0.25, 0.3) is 0 Å². The molecule has 0 saturated carbocycles. The van der Waals surface area contributed by atoms with E-state index in [2.05, 4.69) is 10.6 Å². The van der Waals surface area contributed by atoms with Gasteiger partial charge in [-0.25, -0.2) is 0 Å². The van der Waals surface area contributed by atoms with Crippen molar-refractivity contribution in [1.82, 2.24) is 5.32 Å². The molecule has 9 heteroatoms. The Morgan fingerprint density at radius 1 is 1.27 bits per heavy atom. The van der Waals surface area contributed by atoms with Gasteiger partial charge in [0.15, 0.2) is 5.11 Å². The van der Waals surface area contributed by atoms with Gasteiger partial charge in [0, 0.05) is 11.6 Å². The number of benzene rings is 2. The average molecular weight is 375 g/mol. The molecule has 0 heterocycles. The van der Waals surface area contributed by atoms with Gasteiger partial charge in [-0.1, -0.05) is 6.07 Å². The van der Waals surface area contributed by atoms with Crippen LogP contribution in [0.1, 0.15) is 24.2 Å². The lowest BCUT2D eigenvalue weighted by atomic mass is 10.2. The molecule has 0 aromatic heterocycles. The van der Waals surface area contributed by atoms with E-state index in [0.717, 1.165) is 6.07 Å². The number of nitro benzene ring substituents is 1. The Bertz CT molecular complexity index is 854. The molecule has 2 aromatic carbocycles. The fraction of sp³-hybridized carbons (Fsp3) is 0.176. The smallest absolute Gasteiger partial charge is 0.273 e. The first-order chi connectivity index (χ1) is 12.3. The summed E-state index contributed by atoms with van der Waals surface area (Å²) in [5.74, 6) is -0.263. The van der Waals surface area contributed by atoms with Crippen LogP contribution in [0.15, 0.2) is 42.5 Å². The zero-order chi connectivity index (χ0) is 19.3. The van der Waals surface area contributed by atoms with Crippen LogP contribution >= 0.6 is 12.2 Å². The number of phenolic OH excluding ortho intramolecular Hbond substituents is 1. The summed E-state index contributed by atoms with van der Waals surface area (Å²) < 4.78 is 5.54. The van der Waals surface area contributed by atoms with Crippen LogP contribution in [0, 0.1) is 10.1 Å². The van der Waals surface area contributed by atoms with Crippen molar-refractivity contribution in [3.8, 4) is 11.5 Å². The maximum absolute atomic E-state index is 12.3. The number of non-ortho nitro benzene ring substituents is 1. The van der Waals surface area contributed by atoms with Gasteiger partial charge in [-0.3, -0.25) is 20.2 Å². The molecule has 8 nitrogen and oxygen atoms in total. The molecular formula is C17H17N3O5S. The second-order valence-electron chi connectivity index (χ2n) is 5.56. The highest BCUT2D eigenvalue weighted by Gasteiger charge is 2.13. The molecule has 0 radical (unpaired) electrons. The van der Waals surface area contributed by atoms with Crippen LogP contribution in [-0.2, 0) is 0 Å². The summed E-state index contributed by atoms with van der Waals surface area (Å²) in [6.45, 7) is 3.75. The predicted molar refractivity (Wildman–Crippen MR) is 101 cm³/mol. The van der Waals surface area contributed by atoms with Gasteiger partial charge in [0.25, 0.3) is 11.6 Å². The molecule has 136 valence electrons. The van der Waals surface area contributed by atoms with E-state index < -0.39 is 10.8 Å². The van der Waals surface area contributed by atoms with Crippen LogP contribution in [-0.4, -0.2) is 27.2 Å². The van der Waals surface area contributed by atoms with E-state index >= 15 is 0 Å². The van der Waals surface area contributed by atoms with E-state index in [1.54, 1.807) is 24.3 Å². The first-order valence-electron chi connectivity index (χ1n) is 7.62. The molecule has 0 aliphatic heterocycles. The summed E-state index contributed by atoms with van der Waals surface area (Å²) >= 11 is 5.04. The fourth-order valence-electron chi connectivity index (χ4n) is 2.05. The Morgan fingerprint density at radius 2 is 2.00 bits per heavy atom. The fourth-order valence-corrected chi connectivity index (χ4v) is 2.25. The van der Waals surface area contributed by atoms with Gasteiger partial charge >= 0.3 is 0 Å². The number of anilines is 1. The molecular weight excluding hydrogens is 358 g/mol. The first-order valence-corrected chi connectivity index (χ1v) is 8.03. The van der Waals surface area contributed by atoms with Crippen molar-refractivity contribution in [1.29, 1.82) is 0 Å². The number of hydrogen-bond acceptors (Lipinski definition) is 6. The number of amides is 1. The highest BCUT2D eigenvalue weighted by Crippen LogP contribution is 2.27. The van der Waals surface area contributed by atoms with Crippen LogP contribution in [0.3, 0.4) is 0 Å². The largest absolute Gasteiger partial charge is 0.506 e. The monoisotopic (exact) mass is 375 g/mol. The predicted octanol–water partition coefficient (Wildman–Crippen LogP) is 3.21. The molecule has 26 heavy (non-hydrogen) atoms. The van der Waals surface area contributed by atoms with Crippen molar-refractivity contribution < 1.29 is 19.6 Å². The van der Waals surface area contributed by atoms with Crippen molar-refractivity contribution in [3.63, 3.8) is 0 Å². The van der Waals surface area contributed by atoms with Crippen LogP contribution in [0.2, 0.25) is 0 Å². The molecule has 0 unspecified atom stereocenters. The van der Waals surface area contributed by atoms with E-state index in [-0.39, 0.29) is 28.3 Å². The van der Waals surface area contributed by atoms with Gasteiger partial charge in [0.1, 0.15) is 11.5 Å². The molecule has 2 aromatic rings. The Kier molecular flexibility index (Phi) is 6.07. The number of ether oxygens (including phenoxy) is 1. The van der Waals surface area contributed by atoms with E-state index in [4.69, 9.17) is 17.0 Å². The molecule has 0 atom stereocenters. The summed E-state index contributed by atoms with van der Waals surface area (Å²) in [4.78, 5) is 22.3. The number of carbonyl (C=O) groups excluding carboxylic acids is 1. The minimum Gasteiger partial charge on any atom is -0.506 e. The molecule has 3 N–H and O–H groups in total. The standard InChI is InChI=1S/C17H17N3O5S/c1-10(2)25-13-5-3-4-11(8-13)16(22)19-17(26)18-14-7-6-12(20(23)24)9-15(14)21/h3-10,21H,1-2H3,(H2,18,19,22,26). The Morgan fingerprint density at radius 3 is 2.62 bits per heavy atom. The van der Waals surface area contributed by atoms with Gasteiger partial charge in [0.05, 0.1) is 22.8 Å². The highest BCUT2D eigenvalue weighted by molar-refractivity contribution is 7.80. The summed E-state index contributed by atoms with van der Waals surface area (Å²) in [6.07, 6.45) is -0.0267. The lowest BCUT2D eigenvalue weighted by Crippen LogP contribution is -2.34. The van der Waals surface area contributed by atoms with Gasteiger partial charge in [0.2, 0.25) is 0 Å². The van der Waals surface area contributed by atoms with E-state index in [0.29, 0.717) is 11.3 Å². The normalized spacial score (nSPS) is 10.3. The zero-order valence-electron chi connectivity index (χ0n) is 14.1. The molecule has 0 spiro atoms. The third kappa shape index (κ3) is 5.15. The maximum atomic E-state index is 12.3.